The Kier molecular flexibility index (Phi) is 5.48. The maximum atomic E-state index is 13.3. The first kappa shape index (κ1) is 19.4. The first-order chi connectivity index (χ1) is 14.1. The number of fused-ring (bicyclic) bond motifs is 1. The molecule has 3 heterocycles. The van der Waals surface area contributed by atoms with Gasteiger partial charge in [-0.1, -0.05) is 5.16 Å². The van der Waals surface area contributed by atoms with Crippen molar-refractivity contribution in [3.8, 4) is 5.75 Å². The van der Waals surface area contributed by atoms with Crippen molar-refractivity contribution >= 4 is 17.5 Å². The number of likely N-dealkylation sites (N-methyl/N-ethyl adjacent to an activating group) is 1. The van der Waals surface area contributed by atoms with Crippen molar-refractivity contribution in [3.63, 3.8) is 0 Å². The molecule has 0 saturated carbocycles. The molecular weight excluding hydrogens is 376 g/mol. The lowest BCUT2D eigenvalue weighted by Crippen LogP contribution is -2.39. The zero-order chi connectivity index (χ0) is 20.4. The van der Waals surface area contributed by atoms with Crippen molar-refractivity contribution in [2.45, 2.75) is 31.7 Å². The van der Waals surface area contributed by atoms with Gasteiger partial charge in [0.25, 0.3) is 11.8 Å². The quantitative estimate of drug-likeness (QED) is 0.757. The summed E-state index contributed by atoms with van der Waals surface area (Å²) in [5.41, 5.74) is 1.10. The average Bonchev–Trinajstić information content (AvgIpc) is 3.23. The largest absolute Gasteiger partial charge is 0.482 e. The van der Waals surface area contributed by atoms with E-state index in [1.54, 1.807) is 37.3 Å². The molecule has 1 atom stereocenters. The molecule has 2 aromatic rings. The van der Waals surface area contributed by atoms with Gasteiger partial charge in [-0.3, -0.25) is 9.59 Å². The molecule has 0 bridgehead atoms. The second-order valence-corrected chi connectivity index (χ2v) is 7.23. The van der Waals surface area contributed by atoms with Gasteiger partial charge >= 0.3 is 0 Å². The minimum atomic E-state index is -0.258. The second-order valence-electron chi connectivity index (χ2n) is 7.23. The van der Waals surface area contributed by atoms with E-state index >= 15 is 0 Å². The molecule has 9 nitrogen and oxygen atoms in total. The summed E-state index contributed by atoms with van der Waals surface area (Å²) in [6.45, 7) is 1.13. The van der Waals surface area contributed by atoms with Crippen molar-refractivity contribution in [1.29, 1.82) is 0 Å². The summed E-state index contributed by atoms with van der Waals surface area (Å²) in [5, 5.41) is 4.01. The molecule has 2 amide bonds. The van der Waals surface area contributed by atoms with Crippen molar-refractivity contribution in [1.82, 2.24) is 15.0 Å². The van der Waals surface area contributed by atoms with Gasteiger partial charge in [0.1, 0.15) is 11.8 Å². The minimum absolute atomic E-state index is 0.00750. The van der Waals surface area contributed by atoms with E-state index in [2.05, 4.69) is 10.1 Å². The van der Waals surface area contributed by atoms with Gasteiger partial charge in [-0.25, -0.2) is 0 Å². The van der Waals surface area contributed by atoms with E-state index in [0.29, 0.717) is 48.3 Å². The Morgan fingerprint density at radius 3 is 3.03 bits per heavy atom. The SMILES string of the molecule is COCCc1noc(C2CCCCN2C(=O)c2ccc3c(c2)N(C)C(=O)CO3)n1. The Labute approximate surface area is 168 Å². The molecule has 1 fully saturated rings. The number of piperidine rings is 1. The first-order valence-electron chi connectivity index (χ1n) is 9.74. The van der Waals surface area contributed by atoms with E-state index in [1.807, 2.05) is 0 Å². The summed E-state index contributed by atoms with van der Waals surface area (Å²) in [5.74, 6) is 1.36. The molecule has 0 radical (unpaired) electrons. The number of benzene rings is 1. The highest BCUT2D eigenvalue weighted by Crippen LogP contribution is 2.35. The summed E-state index contributed by atoms with van der Waals surface area (Å²) in [7, 11) is 3.30. The molecular formula is C20H24N4O5. The molecule has 1 saturated heterocycles. The Balaban J connectivity index is 1.58. The molecule has 2 aliphatic heterocycles. The topological polar surface area (TPSA) is 98.0 Å². The lowest BCUT2D eigenvalue weighted by molar-refractivity contribution is -0.120. The summed E-state index contributed by atoms with van der Waals surface area (Å²) in [6, 6.07) is 4.92. The summed E-state index contributed by atoms with van der Waals surface area (Å²) < 4.78 is 16.0. The number of anilines is 1. The number of rotatable bonds is 5. The third-order valence-electron chi connectivity index (χ3n) is 5.35. The number of hydrogen-bond acceptors (Lipinski definition) is 7. The number of carbonyl (C=O) groups is 2. The number of amides is 2. The normalized spacial score (nSPS) is 19.1. The van der Waals surface area contributed by atoms with Gasteiger partial charge in [0.2, 0.25) is 5.89 Å². The number of likely N-dealkylation sites (tertiary alicyclic amines) is 1. The van der Waals surface area contributed by atoms with Crippen LogP contribution in [0.5, 0.6) is 5.75 Å². The molecule has 4 rings (SSSR count). The lowest BCUT2D eigenvalue weighted by atomic mass is 10.00. The van der Waals surface area contributed by atoms with Crippen LogP contribution in [0.2, 0.25) is 0 Å². The van der Waals surface area contributed by atoms with E-state index in [4.69, 9.17) is 14.0 Å². The second kappa shape index (κ2) is 8.20. The standard InChI is InChI=1S/C20H24N4O5/c1-23-15-11-13(6-7-16(15)28-12-18(23)25)20(26)24-9-4-3-5-14(24)19-21-17(22-29-19)8-10-27-2/h6-7,11,14H,3-5,8-10,12H2,1-2H3. The highest BCUT2D eigenvalue weighted by molar-refractivity contribution is 6.01. The fourth-order valence-electron chi connectivity index (χ4n) is 3.70. The molecule has 0 aliphatic carbocycles. The number of carbonyl (C=O) groups excluding carboxylic acids is 2. The highest BCUT2D eigenvalue weighted by atomic mass is 16.5. The first-order valence-corrected chi connectivity index (χ1v) is 9.74. The molecule has 9 heteroatoms. The van der Waals surface area contributed by atoms with E-state index in [-0.39, 0.29) is 24.5 Å². The average molecular weight is 400 g/mol. The summed E-state index contributed by atoms with van der Waals surface area (Å²) in [6.07, 6.45) is 3.23. The monoisotopic (exact) mass is 400 g/mol. The third kappa shape index (κ3) is 3.82. The van der Waals surface area contributed by atoms with Gasteiger partial charge in [0, 0.05) is 32.7 Å². The van der Waals surface area contributed by atoms with Crippen LogP contribution in [0.4, 0.5) is 5.69 Å². The van der Waals surface area contributed by atoms with Crippen LogP contribution in [0.15, 0.2) is 22.7 Å². The van der Waals surface area contributed by atoms with Crippen molar-refractivity contribution < 1.29 is 23.6 Å². The number of methoxy groups -OCH3 is 1. The highest BCUT2D eigenvalue weighted by Gasteiger charge is 2.33. The number of nitrogens with zero attached hydrogens (tertiary/aromatic N) is 4. The Hall–Kier alpha value is -2.94. The molecule has 1 aromatic carbocycles. The van der Waals surface area contributed by atoms with Gasteiger partial charge in [-0.15, -0.1) is 0 Å². The zero-order valence-electron chi connectivity index (χ0n) is 16.6. The fourth-order valence-corrected chi connectivity index (χ4v) is 3.70. The Morgan fingerprint density at radius 1 is 1.34 bits per heavy atom. The minimum Gasteiger partial charge on any atom is -0.482 e. The molecule has 154 valence electrons. The van der Waals surface area contributed by atoms with Crippen LogP contribution in [-0.2, 0) is 16.0 Å². The predicted molar refractivity (Wildman–Crippen MR) is 103 cm³/mol. The van der Waals surface area contributed by atoms with E-state index < -0.39 is 0 Å². The van der Waals surface area contributed by atoms with Crippen LogP contribution >= 0.6 is 0 Å². The van der Waals surface area contributed by atoms with Crippen LogP contribution in [0.25, 0.3) is 0 Å². The molecule has 0 spiro atoms. The maximum absolute atomic E-state index is 13.3. The van der Waals surface area contributed by atoms with Crippen LogP contribution in [0.3, 0.4) is 0 Å². The Morgan fingerprint density at radius 2 is 2.21 bits per heavy atom. The van der Waals surface area contributed by atoms with Crippen LogP contribution in [0.1, 0.15) is 47.4 Å². The summed E-state index contributed by atoms with van der Waals surface area (Å²) in [4.78, 5) is 33.0. The molecule has 0 N–H and O–H groups in total. The summed E-state index contributed by atoms with van der Waals surface area (Å²) >= 11 is 0. The molecule has 29 heavy (non-hydrogen) atoms. The van der Waals surface area contributed by atoms with Gasteiger partial charge in [0.05, 0.1) is 12.3 Å². The van der Waals surface area contributed by atoms with Gasteiger partial charge in [0.15, 0.2) is 12.4 Å². The van der Waals surface area contributed by atoms with E-state index in [0.717, 1.165) is 19.3 Å². The predicted octanol–water partition coefficient (Wildman–Crippen LogP) is 1.98. The van der Waals surface area contributed by atoms with E-state index in [1.165, 1.54) is 4.90 Å². The lowest BCUT2D eigenvalue weighted by Gasteiger charge is -2.34. The third-order valence-corrected chi connectivity index (χ3v) is 5.35. The van der Waals surface area contributed by atoms with Crippen molar-refractivity contribution in [2.75, 3.05) is 38.8 Å². The molecule has 2 aliphatic rings. The van der Waals surface area contributed by atoms with E-state index in [9.17, 15) is 9.59 Å². The maximum Gasteiger partial charge on any atom is 0.264 e. The van der Waals surface area contributed by atoms with Crippen molar-refractivity contribution in [3.05, 3.63) is 35.5 Å². The number of hydrogen-bond donors (Lipinski definition) is 0. The van der Waals surface area contributed by atoms with Crippen molar-refractivity contribution in [2.24, 2.45) is 0 Å². The van der Waals surface area contributed by atoms with Crippen LogP contribution < -0.4 is 9.64 Å². The van der Waals surface area contributed by atoms with Crippen LogP contribution in [-0.4, -0.2) is 60.8 Å². The van der Waals surface area contributed by atoms with Crippen LogP contribution in [0, 0.1) is 0 Å². The number of ether oxygens (including phenoxy) is 2. The van der Waals surface area contributed by atoms with Gasteiger partial charge in [-0.05, 0) is 37.5 Å². The van der Waals surface area contributed by atoms with Gasteiger partial charge in [-0.2, -0.15) is 4.98 Å². The smallest absolute Gasteiger partial charge is 0.264 e. The number of aromatic nitrogens is 2. The molecule has 1 aromatic heterocycles. The molecule has 1 unspecified atom stereocenters. The van der Waals surface area contributed by atoms with Gasteiger partial charge < -0.3 is 23.8 Å². The Bertz CT molecular complexity index is 912. The zero-order valence-corrected chi connectivity index (χ0v) is 16.6. The fraction of sp³-hybridized carbons (Fsp3) is 0.500.